The van der Waals surface area contributed by atoms with Crippen LogP contribution >= 0.6 is 0 Å². The Morgan fingerprint density at radius 2 is 1.93 bits per heavy atom. The topological polar surface area (TPSA) is 38.0 Å². The first-order chi connectivity index (χ1) is 6.74. The van der Waals surface area contributed by atoms with E-state index in [9.17, 15) is 0 Å². The fourth-order valence-electron chi connectivity index (χ4n) is 2.25. The molecule has 2 atom stereocenters. The normalized spacial score (nSPS) is 16.1. The molecular weight excluding hydrogens is 184 g/mol. The van der Waals surface area contributed by atoms with Gasteiger partial charge in [0.05, 0.1) is 0 Å². The van der Waals surface area contributed by atoms with E-state index >= 15 is 0 Å². The first-order valence-electron chi connectivity index (χ1n) is 5.85. The summed E-state index contributed by atoms with van der Waals surface area (Å²) in [4.78, 5) is 0. The lowest BCUT2D eigenvalue weighted by atomic mass is 9.82. The molecule has 3 N–H and O–H groups in total. The molecule has 0 aromatic heterocycles. The molecular formula is C13H28N2. The number of hydrazine groups is 1. The van der Waals surface area contributed by atoms with Crippen molar-refractivity contribution in [3.63, 3.8) is 0 Å². The van der Waals surface area contributed by atoms with Crippen molar-refractivity contribution in [3.05, 3.63) is 12.2 Å². The zero-order chi connectivity index (χ0) is 12.1. The smallest absolute Gasteiger partial charge is 0.0250 e. The van der Waals surface area contributed by atoms with Gasteiger partial charge in [-0.2, -0.15) is 0 Å². The molecule has 0 saturated carbocycles. The van der Waals surface area contributed by atoms with Crippen molar-refractivity contribution in [3.8, 4) is 0 Å². The second-order valence-electron chi connectivity index (χ2n) is 6.13. The van der Waals surface area contributed by atoms with E-state index in [4.69, 9.17) is 5.84 Å². The molecule has 0 saturated heterocycles. The standard InChI is InChI=1S/C13H28N2/c1-10(2)7-12(15-14)8-11(3)9-13(4,5)6/h11-12,15H,1,7-9,14H2,2-6H3. The summed E-state index contributed by atoms with van der Waals surface area (Å²) in [7, 11) is 0. The summed E-state index contributed by atoms with van der Waals surface area (Å²) in [5.74, 6) is 6.24. The molecule has 0 fully saturated rings. The van der Waals surface area contributed by atoms with Gasteiger partial charge in [0, 0.05) is 6.04 Å². The van der Waals surface area contributed by atoms with Gasteiger partial charge in [-0.05, 0) is 37.5 Å². The first kappa shape index (κ1) is 14.7. The molecule has 2 heteroatoms. The van der Waals surface area contributed by atoms with E-state index in [1.165, 1.54) is 12.0 Å². The Hall–Kier alpha value is -0.340. The van der Waals surface area contributed by atoms with Crippen molar-refractivity contribution >= 4 is 0 Å². The monoisotopic (exact) mass is 212 g/mol. The Balaban J connectivity index is 4.01. The van der Waals surface area contributed by atoms with E-state index in [2.05, 4.69) is 46.6 Å². The third kappa shape index (κ3) is 8.64. The van der Waals surface area contributed by atoms with Crippen LogP contribution in [0.15, 0.2) is 12.2 Å². The number of nitrogens with one attached hydrogen (secondary N) is 1. The van der Waals surface area contributed by atoms with Crippen LogP contribution in [-0.4, -0.2) is 6.04 Å². The zero-order valence-corrected chi connectivity index (χ0v) is 11.1. The minimum absolute atomic E-state index is 0.375. The molecule has 0 aliphatic rings. The van der Waals surface area contributed by atoms with Crippen LogP contribution < -0.4 is 11.3 Å². The number of hydrogen-bond acceptors (Lipinski definition) is 2. The Labute approximate surface area is 95.3 Å². The van der Waals surface area contributed by atoms with Crippen LogP contribution in [-0.2, 0) is 0 Å². The quantitative estimate of drug-likeness (QED) is 0.403. The van der Waals surface area contributed by atoms with E-state index in [-0.39, 0.29) is 0 Å². The molecule has 0 rings (SSSR count). The van der Waals surface area contributed by atoms with Crippen molar-refractivity contribution in [1.82, 2.24) is 5.43 Å². The molecule has 2 nitrogen and oxygen atoms in total. The Bertz CT molecular complexity index is 191. The Kier molecular flexibility index (Phi) is 6.15. The van der Waals surface area contributed by atoms with Gasteiger partial charge in [0.25, 0.3) is 0 Å². The maximum atomic E-state index is 5.54. The minimum Gasteiger partial charge on any atom is -0.271 e. The fraction of sp³-hybridized carbons (Fsp3) is 0.846. The second kappa shape index (κ2) is 6.29. The van der Waals surface area contributed by atoms with Crippen LogP contribution in [0.25, 0.3) is 0 Å². The van der Waals surface area contributed by atoms with Crippen molar-refractivity contribution in [2.75, 3.05) is 0 Å². The van der Waals surface area contributed by atoms with Gasteiger partial charge in [0.1, 0.15) is 0 Å². The van der Waals surface area contributed by atoms with Crippen molar-refractivity contribution in [2.45, 2.75) is 59.9 Å². The summed E-state index contributed by atoms with van der Waals surface area (Å²) in [6, 6.07) is 0.375. The largest absolute Gasteiger partial charge is 0.271 e. The van der Waals surface area contributed by atoms with E-state index in [1.807, 2.05) is 0 Å². The van der Waals surface area contributed by atoms with Crippen molar-refractivity contribution < 1.29 is 0 Å². The van der Waals surface area contributed by atoms with Gasteiger partial charge in [0.2, 0.25) is 0 Å². The van der Waals surface area contributed by atoms with Gasteiger partial charge in [-0.15, -0.1) is 6.58 Å². The average molecular weight is 212 g/mol. The summed E-state index contributed by atoms with van der Waals surface area (Å²) in [6.45, 7) is 15.1. The highest BCUT2D eigenvalue weighted by Crippen LogP contribution is 2.27. The van der Waals surface area contributed by atoms with Crippen LogP contribution in [0.1, 0.15) is 53.9 Å². The van der Waals surface area contributed by atoms with Gasteiger partial charge in [-0.1, -0.05) is 33.3 Å². The number of nitrogens with two attached hydrogens (primary N) is 1. The second-order valence-corrected chi connectivity index (χ2v) is 6.13. The van der Waals surface area contributed by atoms with Crippen LogP contribution in [0, 0.1) is 11.3 Å². The average Bonchev–Trinajstić information content (AvgIpc) is 1.98. The van der Waals surface area contributed by atoms with Crippen LogP contribution in [0.5, 0.6) is 0 Å². The molecule has 0 aliphatic heterocycles. The van der Waals surface area contributed by atoms with E-state index < -0.39 is 0 Å². The highest BCUT2D eigenvalue weighted by atomic mass is 15.2. The fourth-order valence-corrected chi connectivity index (χ4v) is 2.25. The Morgan fingerprint density at radius 1 is 1.40 bits per heavy atom. The zero-order valence-electron chi connectivity index (χ0n) is 11.1. The number of rotatable bonds is 6. The molecule has 90 valence electrons. The predicted molar refractivity (Wildman–Crippen MR) is 68.4 cm³/mol. The first-order valence-corrected chi connectivity index (χ1v) is 5.85. The molecule has 15 heavy (non-hydrogen) atoms. The third-order valence-corrected chi connectivity index (χ3v) is 2.48. The van der Waals surface area contributed by atoms with E-state index in [0.717, 1.165) is 12.8 Å². The summed E-state index contributed by atoms with van der Waals surface area (Å²) < 4.78 is 0. The van der Waals surface area contributed by atoms with Gasteiger partial charge in [-0.25, -0.2) is 0 Å². The van der Waals surface area contributed by atoms with Gasteiger partial charge >= 0.3 is 0 Å². The summed E-state index contributed by atoms with van der Waals surface area (Å²) in [6.07, 6.45) is 3.34. The van der Waals surface area contributed by atoms with Gasteiger partial charge < -0.3 is 0 Å². The molecule has 0 aromatic rings. The predicted octanol–water partition coefficient (Wildman–Crippen LogP) is 3.25. The lowest BCUT2D eigenvalue weighted by Crippen LogP contribution is -2.36. The summed E-state index contributed by atoms with van der Waals surface area (Å²) >= 11 is 0. The molecule has 0 bridgehead atoms. The molecule has 2 unspecified atom stereocenters. The summed E-state index contributed by atoms with van der Waals surface area (Å²) in [5.41, 5.74) is 4.49. The molecule has 0 radical (unpaired) electrons. The lowest BCUT2D eigenvalue weighted by molar-refractivity contribution is 0.274. The van der Waals surface area contributed by atoms with E-state index in [0.29, 0.717) is 17.4 Å². The van der Waals surface area contributed by atoms with Crippen LogP contribution in [0.4, 0.5) is 0 Å². The van der Waals surface area contributed by atoms with E-state index in [1.54, 1.807) is 0 Å². The van der Waals surface area contributed by atoms with Crippen LogP contribution in [0.2, 0.25) is 0 Å². The van der Waals surface area contributed by atoms with Crippen molar-refractivity contribution in [1.29, 1.82) is 0 Å². The van der Waals surface area contributed by atoms with Crippen molar-refractivity contribution in [2.24, 2.45) is 17.2 Å². The Morgan fingerprint density at radius 3 is 2.27 bits per heavy atom. The van der Waals surface area contributed by atoms with Crippen LogP contribution in [0.3, 0.4) is 0 Å². The molecule has 0 amide bonds. The maximum Gasteiger partial charge on any atom is 0.0250 e. The van der Waals surface area contributed by atoms with Gasteiger partial charge in [-0.3, -0.25) is 11.3 Å². The molecule has 0 aromatic carbocycles. The SMILES string of the molecule is C=C(C)CC(CC(C)CC(C)(C)C)NN. The summed E-state index contributed by atoms with van der Waals surface area (Å²) in [5, 5.41) is 0. The van der Waals surface area contributed by atoms with Gasteiger partial charge in [0.15, 0.2) is 0 Å². The highest BCUT2D eigenvalue weighted by molar-refractivity contribution is 4.92. The molecule has 0 heterocycles. The number of hydrogen-bond donors (Lipinski definition) is 2. The molecule has 0 spiro atoms. The highest BCUT2D eigenvalue weighted by Gasteiger charge is 2.18. The minimum atomic E-state index is 0.375. The maximum absolute atomic E-state index is 5.54. The third-order valence-electron chi connectivity index (χ3n) is 2.48. The lowest BCUT2D eigenvalue weighted by Gasteiger charge is -2.26. The molecule has 0 aliphatic carbocycles.